The smallest absolute Gasteiger partial charge is 0.279 e. The molecular weight excluding hydrogens is 344 g/mol. The number of aromatic amines is 1. The summed E-state index contributed by atoms with van der Waals surface area (Å²) in [5, 5.41) is 0.646. The Labute approximate surface area is 155 Å². The molecule has 132 valence electrons. The van der Waals surface area contributed by atoms with Crippen molar-refractivity contribution in [3.63, 3.8) is 0 Å². The van der Waals surface area contributed by atoms with Gasteiger partial charge in [-0.25, -0.2) is 4.98 Å². The number of thiazole rings is 1. The monoisotopic (exact) mass is 364 g/mol. The molecule has 5 nitrogen and oxygen atoms in total. The molecule has 1 saturated heterocycles. The molecule has 0 spiro atoms. The zero-order valence-corrected chi connectivity index (χ0v) is 15.3. The first kappa shape index (κ1) is 15.8. The fourth-order valence-electron chi connectivity index (χ4n) is 3.58. The Bertz CT molecular complexity index is 1020. The number of H-pyrrole nitrogens is 1. The molecule has 0 radical (unpaired) electrons. The maximum absolute atomic E-state index is 5.95. The zero-order chi connectivity index (χ0) is 17.3. The molecule has 1 aromatic carbocycles. The van der Waals surface area contributed by atoms with Gasteiger partial charge in [0.1, 0.15) is 0 Å². The van der Waals surface area contributed by atoms with E-state index in [0.717, 1.165) is 27.8 Å². The molecule has 0 saturated carbocycles. The second kappa shape index (κ2) is 6.70. The molecule has 4 heterocycles. The number of ether oxygens (including phenoxy) is 1. The minimum absolute atomic E-state index is 0.646. The third kappa shape index (κ3) is 3.06. The summed E-state index contributed by atoms with van der Waals surface area (Å²) in [5.41, 5.74) is 4.27. The lowest BCUT2D eigenvalue weighted by Gasteiger charge is -2.25. The van der Waals surface area contributed by atoms with Crippen LogP contribution in [0.1, 0.15) is 24.8 Å². The third-order valence-corrected chi connectivity index (χ3v) is 5.81. The Morgan fingerprint density at radius 2 is 2.04 bits per heavy atom. The fourth-order valence-corrected chi connectivity index (χ4v) is 4.41. The molecule has 0 bridgehead atoms. The molecular formula is C20H20N4OS. The van der Waals surface area contributed by atoms with Gasteiger partial charge < -0.3 is 9.72 Å². The largest absolute Gasteiger partial charge is 0.429 e. The van der Waals surface area contributed by atoms with Gasteiger partial charge in [0.05, 0.1) is 27.4 Å². The summed E-state index contributed by atoms with van der Waals surface area (Å²) in [6.45, 7) is 3.34. The second-order valence-electron chi connectivity index (χ2n) is 6.77. The van der Waals surface area contributed by atoms with Crippen molar-refractivity contribution in [3.8, 4) is 10.9 Å². The summed E-state index contributed by atoms with van der Waals surface area (Å²) in [6, 6.07) is 10.1. The average molecular weight is 364 g/mol. The number of para-hydroxylation sites is 1. The van der Waals surface area contributed by atoms with Gasteiger partial charge in [0.25, 0.3) is 5.19 Å². The molecule has 1 N–H and O–H groups in total. The van der Waals surface area contributed by atoms with E-state index in [1.807, 2.05) is 24.3 Å². The first-order valence-electron chi connectivity index (χ1n) is 9.07. The van der Waals surface area contributed by atoms with E-state index < -0.39 is 0 Å². The van der Waals surface area contributed by atoms with Gasteiger partial charge in [-0.1, -0.05) is 29.9 Å². The van der Waals surface area contributed by atoms with Crippen LogP contribution >= 0.6 is 11.3 Å². The van der Waals surface area contributed by atoms with E-state index in [-0.39, 0.29) is 0 Å². The number of pyridine rings is 1. The van der Waals surface area contributed by atoms with E-state index in [0.29, 0.717) is 10.9 Å². The highest BCUT2D eigenvalue weighted by molar-refractivity contribution is 7.20. The van der Waals surface area contributed by atoms with Crippen LogP contribution in [0.3, 0.4) is 0 Å². The summed E-state index contributed by atoms with van der Waals surface area (Å²) in [7, 11) is 0. The predicted molar refractivity (Wildman–Crippen MR) is 105 cm³/mol. The molecule has 4 aromatic rings. The Hall–Kier alpha value is -2.44. The molecule has 6 heteroatoms. The highest BCUT2D eigenvalue weighted by Crippen LogP contribution is 2.32. The van der Waals surface area contributed by atoms with Gasteiger partial charge in [0.2, 0.25) is 0 Å². The number of hydrogen-bond donors (Lipinski definition) is 1. The summed E-state index contributed by atoms with van der Waals surface area (Å²) in [6.07, 6.45) is 7.83. The number of fused-ring (bicyclic) bond motifs is 2. The number of nitrogens with one attached hydrogen (secondary N) is 1. The average Bonchev–Trinajstić information content (AvgIpc) is 3.26. The Kier molecular flexibility index (Phi) is 4.07. The number of hydrogen-bond acceptors (Lipinski definition) is 5. The molecule has 3 aromatic heterocycles. The van der Waals surface area contributed by atoms with Crippen molar-refractivity contribution in [2.45, 2.75) is 25.8 Å². The van der Waals surface area contributed by atoms with Crippen LogP contribution in [0.5, 0.6) is 10.9 Å². The van der Waals surface area contributed by atoms with E-state index in [1.54, 1.807) is 17.5 Å². The zero-order valence-electron chi connectivity index (χ0n) is 14.4. The number of nitrogens with zero attached hydrogens (tertiary/aromatic N) is 3. The fraction of sp³-hybridized carbons (Fsp3) is 0.300. The van der Waals surface area contributed by atoms with Crippen LogP contribution < -0.4 is 4.74 Å². The van der Waals surface area contributed by atoms with Gasteiger partial charge in [-0.15, -0.1) is 0 Å². The number of aromatic nitrogens is 3. The maximum Gasteiger partial charge on any atom is 0.279 e. The van der Waals surface area contributed by atoms with Gasteiger partial charge in [-0.3, -0.25) is 9.88 Å². The lowest BCUT2D eigenvalue weighted by molar-refractivity contribution is 0.221. The molecule has 0 atom stereocenters. The van der Waals surface area contributed by atoms with Crippen LogP contribution in [-0.4, -0.2) is 32.9 Å². The Balaban J connectivity index is 1.38. The predicted octanol–water partition coefficient (Wildman–Crippen LogP) is 4.95. The third-order valence-electron chi connectivity index (χ3n) is 4.89. The Morgan fingerprint density at radius 3 is 2.92 bits per heavy atom. The molecule has 0 aliphatic carbocycles. The van der Waals surface area contributed by atoms with E-state index in [4.69, 9.17) is 4.74 Å². The van der Waals surface area contributed by atoms with Crippen molar-refractivity contribution >= 4 is 32.6 Å². The van der Waals surface area contributed by atoms with Crippen molar-refractivity contribution in [1.82, 2.24) is 19.9 Å². The minimum atomic E-state index is 0.646. The summed E-state index contributed by atoms with van der Waals surface area (Å²) < 4.78 is 7.07. The number of likely N-dealkylation sites (tertiary alicyclic amines) is 1. The van der Waals surface area contributed by atoms with Crippen molar-refractivity contribution in [3.05, 3.63) is 48.3 Å². The number of rotatable bonds is 4. The van der Waals surface area contributed by atoms with Gasteiger partial charge in [-0.2, -0.15) is 0 Å². The second-order valence-corrected chi connectivity index (χ2v) is 7.76. The lowest BCUT2D eigenvalue weighted by Crippen LogP contribution is -2.29. The molecule has 0 unspecified atom stereocenters. The molecule has 1 fully saturated rings. The topological polar surface area (TPSA) is 54.0 Å². The van der Waals surface area contributed by atoms with E-state index in [9.17, 15) is 0 Å². The van der Waals surface area contributed by atoms with Crippen LogP contribution in [0.2, 0.25) is 0 Å². The van der Waals surface area contributed by atoms with Crippen molar-refractivity contribution < 1.29 is 4.74 Å². The quantitative estimate of drug-likeness (QED) is 0.557. The van der Waals surface area contributed by atoms with Gasteiger partial charge in [0, 0.05) is 24.4 Å². The first-order chi connectivity index (χ1) is 12.8. The van der Waals surface area contributed by atoms with Crippen molar-refractivity contribution in [2.75, 3.05) is 13.1 Å². The Morgan fingerprint density at radius 1 is 1.15 bits per heavy atom. The number of benzene rings is 1. The summed E-state index contributed by atoms with van der Waals surface area (Å²) in [5.74, 6) is 0.711. The molecule has 26 heavy (non-hydrogen) atoms. The minimum Gasteiger partial charge on any atom is -0.429 e. The van der Waals surface area contributed by atoms with E-state index in [2.05, 4.69) is 32.1 Å². The van der Waals surface area contributed by atoms with E-state index in [1.165, 1.54) is 37.9 Å². The summed E-state index contributed by atoms with van der Waals surface area (Å²) in [4.78, 5) is 15.0. The number of piperidine rings is 1. The highest BCUT2D eigenvalue weighted by Gasteiger charge is 2.14. The normalized spacial score (nSPS) is 15.7. The standard InChI is InChI=1S/C20H20N4OS/c1-4-8-24(9-5-1)13-14-11-21-17-10-15(12-22-19(14)17)25-20-23-16-6-2-3-7-18(16)26-20/h2-3,6-7,10-12,21H,1,4-5,8-9,13H2. The van der Waals surface area contributed by atoms with Gasteiger partial charge in [-0.05, 0) is 38.1 Å². The van der Waals surface area contributed by atoms with Gasteiger partial charge >= 0.3 is 0 Å². The highest BCUT2D eigenvalue weighted by atomic mass is 32.1. The first-order valence-corrected chi connectivity index (χ1v) is 9.88. The van der Waals surface area contributed by atoms with Crippen LogP contribution in [0.25, 0.3) is 21.3 Å². The molecule has 5 rings (SSSR count). The maximum atomic E-state index is 5.95. The van der Waals surface area contributed by atoms with Crippen LogP contribution in [0.4, 0.5) is 0 Å². The van der Waals surface area contributed by atoms with Crippen LogP contribution in [0, 0.1) is 0 Å². The van der Waals surface area contributed by atoms with E-state index >= 15 is 0 Å². The molecule has 1 aliphatic rings. The van der Waals surface area contributed by atoms with Crippen LogP contribution in [0.15, 0.2) is 42.7 Å². The van der Waals surface area contributed by atoms with Crippen molar-refractivity contribution in [2.24, 2.45) is 0 Å². The van der Waals surface area contributed by atoms with Crippen LogP contribution in [-0.2, 0) is 6.54 Å². The molecule has 1 aliphatic heterocycles. The molecule has 0 amide bonds. The SMILES string of the molecule is c1ccc2sc(Oc3cnc4c(CN5CCCCC5)c[nH]c4c3)nc2c1. The summed E-state index contributed by atoms with van der Waals surface area (Å²) >= 11 is 1.55. The lowest BCUT2D eigenvalue weighted by atomic mass is 10.1. The van der Waals surface area contributed by atoms with Gasteiger partial charge in [0.15, 0.2) is 5.75 Å². The van der Waals surface area contributed by atoms with Crippen molar-refractivity contribution in [1.29, 1.82) is 0 Å².